The first kappa shape index (κ1) is 23.6. The van der Waals surface area contributed by atoms with Crippen molar-refractivity contribution in [2.45, 2.75) is 17.7 Å². The first-order valence-corrected chi connectivity index (χ1v) is 11.4. The van der Waals surface area contributed by atoms with Gasteiger partial charge in [-0.25, -0.2) is 13.2 Å². The first-order chi connectivity index (χ1) is 15.3. The third kappa shape index (κ3) is 5.03. The molecule has 1 fully saturated rings. The SMILES string of the molecule is COC(=O)c1ccc(OC(=O)C2CCN(S(=O)(=O)c3ccc(OC)c(OC)c3)CC2)cc1. The van der Waals surface area contributed by atoms with E-state index in [0.717, 1.165) is 0 Å². The first-order valence-electron chi connectivity index (χ1n) is 9.92. The van der Waals surface area contributed by atoms with E-state index in [2.05, 4.69) is 4.74 Å². The smallest absolute Gasteiger partial charge is 0.337 e. The van der Waals surface area contributed by atoms with Gasteiger partial charge >= 0.3 is 11.9 Å². The van der Waals surface area contributed by atoms with Crippen LogP contribution in [0.5, 0.6) is 17.2 Å². The van der Waals surface area contributed by atoms with E-state index in [4.69, 9.17) is 14.2 Å². The molecular formula is C22H25NO8S. The molecule has 0 saturated carbocycles. The van der Waals surface area contributed by atoms with Crippen LogP contribution in [0.4, 0.5) is 0 Å². The van der Waals surface area contributed by atoms with Crippen LogP contribution >= 0.6 is 0 Å². The van der Waals surface area contributed by atoms with E-state index >= 15 is 0 Å². The van der Waals surface area contributed by atoms with E-state index in [-0.39, 0.29) is 18.0 Å². The quantitative estimate of drug-likeness (QED) is 0.455. The molecule has 0 amide bonds. The summed E-state index contributed by atoms with van der Waals surface area (Å²) in [5, 5.41) is 0. The van der Waals surface area contributed by atoms with Crippen molar-refractivity contribution >= 4 is 22.0 Å². The fourth-order valence-electron chi connectivity index (χ4n) is 3.43. The van der Waals surface area contributed by atoms with Gasteiger partial charge in [0.1, 0.15) is 5.75 Å². The van der Waals surface area contributed by atoms with E-state index in [1.54, 1.807) is 6.07 Å². The van der Waals surface area contributed by atoms with Crippen LogP contribution in [-0.4, -0.2) is 59.1 Å². The number of benzene rings is 2. The number of ether oxygens (including phenoxy) is 4. The Labute approximate surface area is 186 Å². The standard InChI is InChI=1S/C22H25NO8S/c1-28-19-9-8-18(14-20(19)29-2)32(26,27)23-12-10-16(11-13-23)22(25)31-17-6-4-15(5-7-17)21(24)30-3/h4-9,14,16H,10-13H2,1-3H3. The third-order valence-electron chi connectivity index (χ3n) is 5.27. The minimum atomic E-state index is -3.74. The maximum absolute atomic E-state index is 13.0. The molecule has 1 heterocycles. The van der Waals surface area contributed by atoms with Gasteiger partial charge in [-0.3, -0.25) is 4.79 Å². The Morgan fingerprint density at radius 2 is 1.53 bits per heavy atom. The summed E-state index contributed by atoms with van der Waals surface area (Å²) in [5.41, 5.74) is 0.348. The lowest BCUT2D eigenvalue weighted by atomic mass is 9.98. The fourth-order valence-corrected chi connectivity index (χ4v) is 4.92. The van der Waals surface area contributed by atoms with Crippen LogP contribution in [0.15, 0.2) is 47.4 Å². The van der Waals surface area contributed by atoms with E-state index in [9.17, 15) is 18.0 Å². The Balaban J connectivity index is 1.61. The second-order valence-electron chi connectivity index (χ2n) is 7.13. The number of nitrogens with zero attached hydrogens (tertiary/aromatic N) is 1. The molecule has 0 aromatic heterocycles. The third-order valence-corrected chi connectivity index (χ3v) is 7.17. The van der Waals surface area contributed by atoms with Crippen LogP contribution in [-0.2, 0) is 19.6 Å². The monoisotopic (exact) mass is 463 g/mol. The average Bonchev–Trinajstić information content (AvgIpc) is 2.83. The van der Waals surface area contributed by atoms with E-state index in [0.29, 0.717) is 35.7 Å². The molecular weight excluding hydrogens is 438 g/mol. The second kappa shape index (κ2) is 10.0. The summed E-state index contributed by atoms with van der Waals surface area (Å²) in [6.07, 6.45) is 0.678. The number of carbonyl (C=O) groups excluding carboxylic acids is 2. The zero-order valence-corrected chi connectivity index (χ0v) is 18.9. The highest BCUT2D eigenvalue weighted by atomic mass is 32.2. The highest BCUT2D eigenvalue weighted by molar-refractivity contribution is 7.89. The zero-order chi connectivity index (χ0) is 23.3. The van der Waals surface area contributed by atoms with Gasteiger partial charge in [-0.05, 0) is 49.2 Å². The summed E-state index contributed by atoms with van der Waals surface area (Å²) < 4.78 is 47.7. The van der Waals surface area contributed by atoms with Crippen molar-refractivity contribution in [3.05, 3.63) is 48.0 Å². The van der Waals surface area contributed by atoms with Crippen molar-refractivity contribution < 1.29 is 37.0 Å². The largest absolute Gasteiger partial charge is 0.493 e. The molecule has 0 spiro atoms. The Morgan fingerprint density at radius 1 is 0.906 bits per heavy atom. The molecule has 0 bridgehead atoms. The van der Waals surface area contributed by atoms with Gasteiger partial charge in [0.15, 0.2) is 11.5 Å². The van der Waals surface area contributed by atoms with Gasteiger partial charge in [-0.2, -0.15) is 4.31 Å². The lowest BCUT2D eigenvalue weighted by Gasteiger charge is -2.30. The maximum Gasteiger partial charge on any atom is 0.337 e. The normalized spacial score (nSPS) is 15.1. The van der Waals surface area contributed by atoms with Crippen molar-refractivity contribution in [3.63, 3.8) is 0 Å². The van der Waals surface area contributed by atoms with Crippen molar-refractivity contribution in [1.29, 1.82) is 0 Å². The van der Waals surface area contributed by atoms with Gasteiger partial charge in [0, 0.05) is 19.2 Å². The molecule has 0 aliphatic carbocycles. The Morgan fingerprint density at radius 3 is 2.09 bits per heavy atom. The molecule has 32 heavy (non-hydrogen) atoms. The molecule has 1 aliphatic heterocycles. The molecule has 0 N–H and O–H groups in total. The molecule has 2 aromatic carbocycles. The number of carbonyl (C=O) groups is 2. The molecule has 2 aromatic rings. The molecule has 172 valence electrons. The zero-order valence-electron chi connectivity index (χ0n) is 18.1. The summed E-state index contributed by atoms with van der Waals surface area (Å²) in [5.74, 6) is -0.266. The van der Waals surface area contributed by atoms with Crippen molar-refractivity contribution in [3.8, 4) is 17.2 Å². The topological polar surface area (TPSA) is 108 Å². The highest BCUT2D eigenvalue weighted by Crippen LogP contribution is 2.32. The van der Waals surface area contributed by atoms with Crippen molar-refractivity contribution in [2.24, 2.45) is 5.92 Å². The molecule has 9 nitrogen and oxygen atoms in total. The van der Waals surface area contributed by atoms with Crippen molar-refractivity contribution in [2.75, 3.05) is 34.4 Å². The molecule has 0 unspecified atom stereocenters. The molecule has 3 rings (SSSR count). The second-order valence-corrected chi connectivity index (χ2v) is 9.07. The summed E-state index contributed by atoms with van der Waals surface area (Å²) in [6.45, 7) is 0.384. The highest BCUT2D eigenvalue weighted by Gasteiger charge is 2.33. The number of hydrogen-bond acceptors (Lipinski definition) is 8. The number of methoxy groups -OCH3 is 3. The van der Waals surface area contributed by atoms with Crippen LogP contribution < -0.4 is 14.2 Å². The van der Waals surface area contributed by atoms with Crippen LogP contribution in [0.25, 0.3) is 0 Å². The molecule has 1 aliphatic rings. The molecule has 0 radical (unpaired) electrons. The van der Waals surface area contributed by atoms with Crippen LogP contribution in [0.3, 0.4) is 0 Å². The predicted octanol–water partition coefficient (Wildman–Crippen LogP) is 2.50. The predicted molar refractivity (Wildman–Crippen MR) is 114 cm³/mol. The lowest BCUT2D eigenvalue weighted by Crippen LogP contribution is -2.41. The summed E-state index contributed by atoms with van der Waals surface area (Å²) >= 11 is 0. The van der Waals surface area contributed by atoms with Crippen LogP contribution in [0.2, 0.25) is 0 Å². The van der Waals surface area contributed by atoms with Crippen molar-refractivity contribution in [1.82, 2.24) is 4.31 Å². The van der Waals surface area contributed by atoms with Gasteiger partial charge in [-0.15, -0.1) is 0 Å². The van der Waals surface area contributed by atoms with E-state index in [1.807, 2.05) is 0 Å². The summed E-state index contributed by atoms with van der Waals surface area (Å²) in [6, 6.07) is 10.5. The maximum atomic E-state index is 13.0. The lowest BCUT2D eigenvalue weighted by molar-refractivity contribution is -0.140. The minimum Gasteiger partial charge on any atom is -0.493 e. The Bertz CT molecular complexity index is 1070. The number of rotatable bonds is 7. The minimum absolute atomic E-state index is 0.0990. The number of piperidine rings is 1. The molecule has 10 heteroatoms. The van der Waals surface area contributed by atoms with Gasteiger partial charge in [0.05, 0.1) is 37.7 Å². The van der Waals surface area contributed by atoms with Gasteiger partial charge < -0.3 is 18.9 Å². The Hall–Kier alpha value is -3.11. The number of esters is 2. The van der Waals surface area contributed by atoms with Gasteiger partial charge in [-0.1, -0.05) is 0 Å². The molecule has 1 saturated heterocycles. The number of hydrogen-bond donors (Lipinski definition) is 0. The number of sulfonamides is 1. The van der Waals surface area contributed by atoms with Crippen LogP contribution in [0, 0.1) is 5.92 Å². The summed E-state index contributed by atoms with van der Waals surface area (Å²) in [7, 11) is 0.459. The van der Waals surface area contributed by atoms with Crippen LogP contribution in [0.1, 0.15) is 23.2 Å². The summed E-state index contributed by atoms with van der Waals surface area (Å²) in [4.78, 5) is 24.1. The van der Waals surface area contributed by atoms with Gasteiger partial charge in [0.2, 0.25) is 10.0 Å². The van der Waals surface area contributed by atoms with E-state index < -0.39 is 27.9 Å². The average molecular weight is 464 g/mol. The Kier molecular flexibility index (Phi) is 7.37. The van der Waals surface area contributed by atoms with Gasteiger partial charge in [0.25, 0.3) is 0 Å². The van der Waals surface area contributed by atoms with E-state index in [1.165, 1.54) is 62.0 Å². The molecule has 0 atom stereocenters. The fraction of sp³-hybridized carbons (Fsp3) is 0.364.